The van der Waals surface area contributed by atoms with Gasteiger partial charge in [-0.05, 0) is 42.5 Å². The molecule has 0 saturated heterocycles. The lowest BCUT2D eigenvalue weighted by Crippen LogP contribution is -2.42. The van der Waals surface area contributed by atoms with Crippen LogP contribution in [0.15, 0.2) is 114 Å². The van der Waals surface area contributed by atoms with E-state index in [0.717, 1.165) is 6.07 Å². The third-order valence-electron chi connectivity index (χ3n) is 5.32. The molecule has 3 nitrogen and oxygen atoms in total. The van der Waals surface area contributed by atoms with Crippen LogP contribution >= 0.6 is 7.26 Å². The number of hydrogen-bond donors (Lipinski definition) is 0. The molecule has 0 saturated carbocycles. The highest BCUT2D eigenvalue weighted by atomic mass is 32.2. The lowest BCUT2D eigenvalue weighted by molar-refractivity contribution is -0.272. The predicted octanol–water partition coefficient (Wildman–Crippen LogP) is 3.67. The monoisotopic (exact) mass is 486 g/mol. The van der Waals surface area contributed by atoms with E-state index in [1.807, 2.05) is 0 Å². The van der Waals surface area contributed by atoms with Gasteiger partial charge in [-0.15, -0.1) is 0 Å². The first-order valence-electron chi connectivity index (χ1n) is 9.88. The van der Waals surface area contributed by atoms with E-state index in [0.29, 0.717) is 15.9 Å². The van der Waals surface area contributed by atoms with Gasteiger partial charge in [-0.3, -0.25) is 0 Å². The molecule has 0 fully saturated rings. The molecule has 0 aliphatic rings. The quantitative estimate of drug-likeness (QED) is 0.405. The average Bonchev–Trinajstić information content (AvgIpc) is 2.81. The Kier molecular flexibility index (Phi) is 6.04. The lowest BCUT2D eigenvalue weighted by Gasteiger charge is -2.30. The van der Waals surface area contributed by atoms with E-state index in [2.05, 4.69) is 0 Å². The first-order chi connectivity index (χ1) is 15.7. The van der Waals surface area contributed by atoms with Crippen LogP contribution < -0.4 is 26.3 Å². The summed E-state index contributed by atoms with van der Waals surface area (Å²) in [5.74, 6) is -1.18. The summed E-state index contributed by atoms with van der Waals surface area (Å²) in [5.41, 5.74) is -5.62. The van der Waals surface area contributed by atoms with E-state index < -0.39 is 33.3 Å². The van der Waals surface area contributed by atoms with Crippen LogP contribution in [-0.4, -0.2) is 13.9 Å². The topological polar surface area (TPSA) is 57.2 Å². The summed E-state index contributed by atoms with van der Waals surface area (Å²) in [4.78, 5) is -1.22. The highest BCUT2D eigenvalue weighted by Crippen LogP contribution is 2.56. The molecule has 0 aliphatic carbocycles. The molecule has 0 atom stereocenters. The van der Waals surface area contributed by atoms with Gasteiger partial charge < -0.3 is 5.11 Å². The van der Waals surface area contributed by atoms with Gasteiger partial charge in [0, 0.05) is 0 Å². The smallest absolute Gasteiger partial charge is 0.502 e. The van der Waals surface area contributed by atoms with Gasteiger partial charge in [0.2, 0.25) is 0 Å². The lowest BCUT2D eigenvalue weighted by atomic mass is 10.3. The zero-order valence-corrected chi connectivity index (χ0v) is 18.8. The predicted molar refractivity (Wildman–Crippen MR) is 124 cm³/mol. The molecule has 4 aromatic carbocycles. The molecule has 0 heterocycles. The second kappa shape index (κ2) is 8.65. The maximum atomic E-state index is 13.8. The normalized spacial score (nSPS) is 12.5. The molecule has 0 radical (unpaired) electrons. The highest BCUT2D eigenvalue weighted by Gasteiger charge is 2.55. The number of rotatable bonds is 5. The van der Waals surface area contributed by atoms with Crippen LogP contribution in [0.5, 0.6) is 5.75 Å². The molecule has 4 aromatic rings. The van der Waals surface area contributed by atoms with Crippen LogP contribution in [0.3, 0.4) is 0 Å². The molecule has 33 heavy (non-hydrogen) atoms. The summed E-state index contributed by atoms with van der Waals surface area (Å²) < 4.78 is 66.7. The van der Waals surface area contributed by atoms with Crippen molar-refractivity contribution in [2.45, 2.75) is 10.4 Å². The third kappa shape index (κ3) is 3.81. The van der Waals surface area contributed by atoms with Gasteiger partial charge in [-0.2, -0.15) is 13.2 Å². The van der Waals surface area contributed by atoms with E-state index in [9.17, 15) is 26.7 Å². The SMILES string of the molecule is O=S(=O)(c1c([O-])cccc1[P+](c1ccccc1)(c1ccccc1)c1ccccc1)C(F)(F)F. The van der Waals surface area contributed by atoms with Crippen molar-refractivity contribution in [1.82, 2.24) is 0 Å². The molecule has 0 amide bonds. The number of benzene rings is 4. The summed E-state index contributed by atoms with van der Waals surface area (Å²) in [7, 11) is -9.14. The van der Waals surface area contributed by atoms with Crippen molar-refractivity contribution in [2.75, 3.05) is 0 Å². The molecule has 0 spiro atoms. The van der Waals surface area contributed by atoms with E-state index >= 15 is 0 Å². The Morgan fingerprint density at radius 2 is 1.00 bits per heavy atom. The number of sulfone groups is 1. The number of halogens is 3. The summed E-state index contributed by atoms with van der Waals surface area (Å²) in [6.45, 7) is 0. The van der Waals surface area contributed by atoms with E-state index in [1.165, 1.54) is 12.1 Å². The first-order valence-corrected chi connectivity index (χ1v) is 13.2. The van der Waals surface area contributed by atoms with Crippen molar-refractivity contribution >= 4 is 38.3 Å². The van der Waals surface area contributed by atoms with Gasteiger partial charge in [0.15, 0.2) is 0 Å². The van der Waals surface area contributed by atoms with Gasteiger partial charge in [0.1, 0.15) is 33.4 Å². The summed E-state index contributed by atoms with van der Waals surface area (Å²) in [6, 6.07) is 29.8. The Morgan fingerprint density at radius 1 is 0.606 bits per heavy atom. The number of alkyl halides is 3. The van der Waals surface area contributed by atoms with Gasteiger partial charge in [0.25, 0.3) is 9.84 Å². The first kappa shape index (κ1) is 23.0. The Labute approximate surface area is 190 Å². The molecular formula is C25H18F3O3PS. The third-order valence-corrected chi connectivity index (χ3v) is 11.4. The minimum Gasteiger partial charge on any atom is -0.871 e. The van der Waals surface area contributed by atoms with Gasteiger partial charge in [-0.25, -0.2) is 8.42 Å². The maximum Gasteiger partial charge on any atom is 0.502 e. The van der Waals surface area contributed by atoms with E-state index in [1.54, 1.807) is 91.0 Å². The fourth-order valence-corrected chi connectivity index (χ4v) is 9.96. The molecular weight excluding hydrogens is 468 g/mol. The van der Waals surface area contributed by atoms with Crippen molar-refractivity contribution in [3.63, 3.8) is 0 Å². The molecule has 4 rings (SSSR count). The van der Waals surface area contributed by atoms with E-state index in [-0.39, 0.29) is 5.30 Å². The average molecular weight is 486 g/mol. The second-order valence-electron chi connectivity index (χ2n) is 7.23. The largest absolute Gasteiger partial charge is 0.871 e. The molecule has 0 aromatic heterocycles. The molecule has 0 unspecified atom stereocenters. The minimum atomic E-state index is -5.93. The molecule has 168 valence electrons. The summed E-state index contributed by atoms with van der Waals surface area (Å²) in [6.07, 6.45) is 0. The highest BCUT2D eigenvalue weighted by molar-refractivity contribution is 8.02. The van der Waals surface area contributed by atoms with Crippen molar-refractivity contribution in [3.05, 3.63) is 109 Å². The van der Waals surface area contributed by atoms with Crippen LogP contribution in [-0.2, 0) is 9.84 Å². The molecule has 0 bridgehead atoms. The van der Waals surface area contributed by atoms with Crippen LogP contribution in [0.4, 0.5) is 13.2 Å². The Bertz CT molecular complexity index is 1260. The van der Waals surface area contributed by atoms with Gasteiger partial charge in [-0.1, -0.05) is 72.5 Å². The second-order valence-corrected chi connectivity index (χ2v) is 12.5. The molecule has 0 aliphatic heterocycles. The summed E-state index contributed by atoms with van der Waals surface area (Å²) in [5, 5.41) is 14.6. The zero-order chi connectivity index (χ0) is 23.7. The van der Waals surface area contributed by atoms with Gasteiger partial charge in [0.05, 0.1) is 0 Å². The number of hydrogen-bond acceptors (Lipinski definition) is 3. The fourth-order valence-electron chi connectivity index (χ4n) is 3.97. The Morgan fingerprint density at radius 3 is 1.36 bits per heavy atom. The maximum absolute atomic E-state index is 13.8. The van der Waals surface area contributed by atoms with E-state index in [4.69, 9.17) is 0 Å². The molecule has 0 N–H and O–H groups in total. The zero-order valence-electron chi connectivity index (χ0n) is 17.1. The van der Waals surface area contributed by atoms with Crippen molar-refractivity contribution in [3.8, 4) is 5.75 Å². The van der Waals surface area contributed by atoms with Crippen LogP contribution in [0.25, 0.3) is 0 Å². The van der Waals surface area contributed by atoms with Crippen molar-refractivity contribution in [1.29, 1.82) is 0 Å². The minimum absolute atomic E-state index is 0.143. The van der Waals surface area contributed by atoms with Crippen LogP contribution in [0.1, 0.15) is 0 Å². The molecule has 8 heteroatoms. The Hall–Kier alpha value is -3.15. The standard InChI is InChI=1S/C25H18F3O3PS/c26-25(27,28)33(30,31)24-22(29)17-10-18-23(24)32(19-11-4-1-5-12-19,20-13-6-2-7-14-20)21-15-8-3-9-16-21/h1-18H. The van der Waals surface area contributed by atoms with Crippen LogP contribution in [0, 0.1) is 0 Å². The van der Waals surface area contributed by atoms with Gasteiger partial charge >= 0.3 is 5.51 Å². The van der Waals surface area contributed by atoms with Crippen molar-refractivity contribution < 1.29 is 26.7 Å². The van der Waals surface area contributed by atoms with Crippen LogP contribution in [0.2, 0.25) is 0 Å². The van der Waals surface area contributed by atoms with Crippen molar-refractivity contribution in [2.24, 2.45) is 0 Å². The Balaban J connectivity index is 2.26. The fraction of sp³-hybridized carbons (Fsp3) is 0.0400. The summed E-state index contributed by atoms with van der Waals surface area (Å²) >= 11 is 0.